The monoisotopic (exact) mass is 393 g/mol. The van der Waals surface area contributed by atoms with Crippen LogP contribution in [0.5, 0.6) is 0 Å². The number of carbonyl (C=O) groups excluding carboxylic acids is 1. The molecule has 142 valence electrons. The van der Waals surface area contributed by atoms with Crippen molar-refractivity contribution in [3.8, 4) is 0 Å². The zero-order valence-electron chi connectivity index (χ0n) is 15.3. The maximum Gasteiger partial charge on any atom is 0.253 e. The van der Waals surface area contributed by atoms with Crippen LogP contribution in [0.2, 0.25) is 5.02 Å². The second-order valence-corrected chi connectivity index (χ2v) is 7.18. The van der Waals surface area contributed by atoms with Gasteiger partial charge in [-0.1, -0.05) is 17.7 Å². The first-order valence-corrected chi connectivity index (χ1v) is 9.63. The summed E-state index contributed by atoms with van der Waals surface area (Å²) in [6, 6.07) is 14.6. The third-order valence-corrected chi connectivity index (χ3v) is 5.05. The van der Waals surface area contributed by atoms with Gasteiger partial charge in [-0.15, -0.1) is 0 Å². The third kappa shape index (κ3) is 4.28. The Hall–Kier alpha value is -2.99. The maximum absolute atomic E-state index is 12.8. The summed E-state index contributed by atoms with van der Waals surface area (Å²) in [6.45, 7) is 1.39. The summed E-state index contributed by atoms with van der Waals surface area (Å²) in [6.07, 6.45) is 5.39. The van der Waals surface area contributed by atoms with Gasteiger partial charge in [0.25, 0.3) is 5.91 Å². The molecule has 1 fully saturated rings. The van der Waals surface area contributed by atoms with Crippen molar-refractivity contribution < 1.29 is 4.79 Å². The van der Waals surface area contributed by atoms with Gasteiger partial charge in [-0.2, -0.15) is 0 Å². The summed E-state index contributed by atoms with van der Waals surface area (Å²) in [5.74, 6) is 1.42. The van der Waals surface area contributed by atoms with E-state index in [0.29, 0.717) is 28.9 Å². The van der Waals surface area contributed by atoms with Crippen LogP contribution in [0, 0.1) is 0 Å². The molecule has 1 aliphatic heterocycles. The smallest absolute Gasteiger partial charge is 0.253 e. The van der Waals surface area contributed by atoms with E-state index in [1.165, 1.54) is 0 Å². The third-order valence-electron chi connectivity index (χ3n) is 4.80. The molecule has 6 nitrogen and oxygen atoms in total. The molecular weight excluding hydrogens is 374 g/mol. The van der Waals surface area contributed by atoms with Gasteiger partial charge < -0.3 is 10.2 Å². The Balaban J connectivity index is 1.48. The number of carbonyl (C=O) groups is 1. The first kappa shape index (κ1) is 18.4. The lowest BCUT2D eigenvalue weighted by Gasteiger charge is -2.32. The van der Waals surface area contributed by atoms with Gasteiger partial charge >= 0.3 is 0 Å². The van der Waals surface area contributed by atoms with Gasteiger partial charge in [0.1, 0.15) is 5.82 Å². The van der Waals surface area contributed by atoms with Crippen LogP contribution in [-0.4, -0.2) is 38.8 Å². The zero-order chi connectivity index (χ0) is 19.3. The van der Waals surface area contributed by atoms with E-state index in [1.54, 1.807) is 36.7 Å². The normalized spacial score (nSPS) is 16.6. The fourth-order valence-corrected chi connectivity index (χ4v) is 3.52. The highest BCUT2D eigenvalue weighted by Crippen LogP contribution is 2.27. The van der Waals surface area contributed by atoms with Gasteiger partial charge in [0.15, 0.2) is 0 Å². The Morgan fingerprint density at radius 1 is 1.07 bits per heavy atom. The van der Waals surface area contributed by atoms with Crippen LogP contribution >= 0.6 is 11.6 Å². The van der Waals surface area contributed by atoms with Gasteiger partial charge in [-0.05, 0) is 55.3 Å². The van der Waals surface area contributed by atoms with Crippen LogP contribution in [0.3, 0.4) is 0 Å². The Kier molecular flexibility index (Phi) is 5.48. The highest BCUT2D eigenvalue weighted by molar-refractivity contribution is 6.30. The van der Waals surface area contributed by atoms with E-state index in [1.807, 2.05) is 29.2 Å². The number of amides is 1. The predicted molar refractivity (Wildman–Crippen MR) is 109 cm³/mol. The highest BCUT2D eigenvalue weighted by atomic mass is 35.5. The summed E-state index contributed by atoms with van der Waals surface area (Å²) in [5, 5.41) is 3.75. The van der Waals surface area contributed by atoms with E-state index in [4.69, 9.17) is 11.6 Å². The summed E-state index contributed by atoms with van der Waals surface area (Å²) >= 11 is 5.93. The minimum Gasteiger partial charge on any atom is -0.338 e. The number of aromatic nitrogens is 3. The largest absolute Gasteiger partial charge is 0.338 e. The molecule has 1 amide bonds. The second-order valence-electron chi connectivity index (χ2n) is 6.74. The molecule has 0 unspecified atom stereocenters. The molecule has 3 aromatic rings. The van der Waals surface area contributed by atoms with Crippen LogP contribution in [-0.2, 0) is 0 Å². The predicted octanol–water partition coefficient (Wildman–Crippen LogP) is 4.29. The number of nitrogens with one attached hydrogen (secondary N) is 1. The van der Waals surface area contributed by atoms with Crippen molar-refractivity contribution in [2.24, 2.45) is 0 Å². The van der Waals surface area contributed by atoms with E-state index >= 15 is 0 Å². The number of benzene rings is 1. The first-order chi connectivity index (χ1) is 13.7. The molecule has 1 aliphatic rings. The fourth-order valence-electron chi connectivity index (χ4n) is 3.39. The summed E-state index contributed by atoms with van der Waals surface area (Å²) in [4.78, 5) is 27.9. The number of nitrogens with zero attached hydrogens (tertiary/aromatic N) is 4. The molecule has 1 saturated heterocycles. The number of halogens is 1. The molecule has 0 bridgehead atoms. The number of rotatable bonds is 4. The summed E-state index contributed by atoms with van der Waals surface area (Å²) < 4.78 is 0. The van der Waals surface area contributed by atoms with E-state index in [2.05, 4.69) is 20.3 Å². The van der Waals surface area contributed by atoms with Crippen LogP contribution in [0.4, 0.5) is 11.8 Å². The average Bonchev–Trinajstić information content (AvgIpc) is 2.75. The van der Waals surface area contributed by atoms with Crippen LogP contribution in [0.1, 0.15) is 34.8 Å². The molecule has 0 aliphatic carbocycles. The first-order valence-electron chi connectivity index (χ1n) is 9.25. The number of hydrogen-bond acceptors (Lipinski definition) is 5. The van der Waals surface area contributed by atoms with E-state index in [0.717, 1.165) is 25.1 Å². The topological polar surface area (TPSA) is 71.0 Å². The molecular formula is C21H20ClN5O. The minimum absolute atomic E-state index is 0.0299. The van der Waals surface area contributed by atoms with Gasteiger partial charge in [-0.3, -0.25) is 4.79 Å². The molecule has 0 spiro atoms. The lowest BCUT2D eigenvalue weighted by atomic mass is 9.94. The lowest BCUT2D eigenvalue weighted by Crippen LogP contribution is -2.39. The molecule has 1 aromatic carbocycles. The zero-order valence-corrected chi connectivity index (χ0v) is 16.0. The molecule has 1 N–H and O–H groups in total. The SMILES string of the molecule is O=C(c1ccc(Cl)cc1)N1CCC[C@H](c2ccnc(Nc3ccccn3)n2)C1. The van der Waals surface area contributed by atoms with Crippen LogP contribution in [0.25, 0.3) is 0 Å². The van der Waals surface area contributed by atoms with Crippen molar-refractivity contribution in [1.82, 2.24) is 19.9 Å². The molecule has 28 heavy (non-hydrogen) atoms. The van der Waals surface area contributed by atoms with Crippen molar-refractivity contribution >= 4 is 29.3 Å². The number of piperidine rings is 1. The van der Waals surface area contributed by atoms with Crippen molar-refractivity contribution in [2.75, 3.05) is 18.4 Å². The van der Waals surface area contributed by atoms with Crippen LogP contribution < -0.4 is 5.32 Å². The van der Waals surface area contributed by atoms with E-state index < -0.39 is 0 Å². The molecule has 3 heterocycles. The fraction of sp³-hybridized carbons (Fsp3) is 0.238. The van der Waals surface area contributed by atoms with Gasteiger partial charge in [0.05, 0.1) is 5.69 Å². The van der Waals surface area contributed by atoms with Crippen LogP contribution in [0.15, 0.2) is 60.9 Å². The standard InChI is InChI=1S/C21H20ClN5O/c22-17-8-6-15(7-9-17)20(28)27-13-3-4-16(14-27)18-10-12-24-21(25-18)26-19-5-1-2-11-23-19/h1-2,5-12,16H,3-4,13-14H2,(H,23,24,25,26)/t16-/m0/s1. The molecule has 7 heteroatoms. The Labute approximate surface area is 168 Å². The maximum atomic E-state index is 12.8. The summed E-state index contributed by atoms with van der Waals surface area (Å²) in [5.41, 5.74) is 1.59. The second kappa shape index (κ2) is 8.35. The van der Waals surface area contributed by atoms with E-state index in [-0.39, 0.29) is 11.8 Å². The molecule has 0 saturated carbocycles. The van der Waals surface area contributed by atoms with Crippen molar-refractivity contribution in [1.29, 1.82) is 0 Å². The quantitative estimate of drug-likeness (QED) is 0.716. The Morgan fingerprint density at radius 3 is 2.71 bits per heavy atom. The summed E-state index contributed by atoms with van der Waals surface area (Å²) in [7, 11) is 0. The molecule has 2 aromatic heterocycles. The number of anilines is 2. The highest BCUT2D eigenvalue weighted by Gasteiger charge is 2.26. The van der Waals surface area contributed by atoms with Gasteiger partial charge in [0.2, 0.25) is 5.95 Å². The Morgan fingerprint density at radius 2 is 1.93 bits per heavy atom. The number of hydrogen-bond donors (Lipinski definition) is 1. The van der Waals surface area contributed by atoms with Crippen molar-refractivity contribution in [3.63, 3.8) is 0 Å². The van der Waals surface area contributed by atoms with Gasteiger partial charge in [0, 0.05) is 42.0 Å². The van der Waals surface area contributed by atoms with Gasteiger partial charge in [-0.25, -0.2) is 15.0 Å². The number of pyridine rings is 1. The molecule has 4 rings (SSSR count). The van der Waals surface area contributed by atoms with Crippen molar-refractivity contribution in [3.05, 3.63) is 77.2 Å². The lowest BCUT2D eigenvalue weighted by molar-refractivity contribution is 0.0706. The Bertz CT molecular complexity index is 949. The minimum atomic E-state index is 0.0299. The molecule has 1 atom stereocenters. The number of likely N-dealkylation sites (tertiary alicyclic amines) is 1. The molecule has 0 radical (unpaired) electrons. The average molecular weight is 394 g/mol. The van der Waals surface area contributed by atoms with E-state index in [9.17, 15) is 4.79 Å². The van der Waals surface area contributed by atoms with Crippen molar-refractivity contribution in [2.45, 2.75) is 18.8 Å².